The lowest BCUT2D eigenvalue weighted by molar-refractivity contribution is -0.0498. The number of rotatable bonds is 0. The molecule has 1 N–H and O–H groups in total. The summed E-state index contributed by atoms with van der Waals surface area (Å²) in [5.74, 6) is 0. The van der Waals surface area contributed by atoms with Crippen molar-refractivity contribution in [2.75, 3.05) is 20.1 Å². The van der Waals surface area contributed by atoms with Crippen molar-refractivity contribution in [3.8, 4) is 0 Å². The van der Waals surface area contributed by atoms with E-state index in [9.17, 15) is 0 Å². The number of likely N-dealkylation sites (tertiary alicyclic amines) is 1. The Morgan fingerprint density at radius 3 is 2.50 bits per heavy atom. The molecule has 2 heterocycles. The highest BCUT2D eigenvalue weighted by Crippen LogP contribution is 2.44. The second kappa shape index (κ2) is 1.56. The third-order valence-corrected chi connectivity index (χ3v) is 3.71. The van der Waals surface area contributed by atoms with Crippen LogP contribution in [0.25, 0.3) is 0 Å². The van der Waals surface area contributed by atoms with E-state index in [2.05, 4.69) is 31.1 Å². The molecule has 10 heavy (non-hydrogen) atoms. The third-order valence-electron chi connectivity index (χ3n) is 3.71. The predicted molar refractivity (Wildman–Crippen MR) is 42.1 cm³/mol. The van der Waals surface area contributed by atoms with Gasteiger partial charge in [0.1, 0.15) is 0 Å². The van der Waals surface area contributed by atoms with Crippen LogP contribution in [0.15, 0.2) is 0 Å². The van der Waals surface area contributed by atoms with Gasteiger partial charge in [0.2, 0.25) is 0 Å². The molecule has 0 bridgehead atoms. The molecule has 2 atom stereocenters. The van der Waals surface area contributed by atoms with Crippen molar-refractivity contribution in [3.05, 3.63) is 0 Å². The highest BCUT2D eigenvalue weighted by Gasteiger charge is 2.59. The molecular weight excluding hydrogens is 124 g/mol. The maximum Gasteiger partial charge on any atom is 0.0464 e. The molecule has 0 aromatic carbocycles. The van der Waals surface area contributed by atoms with Crippen molar-refractivity contribution >= 4 is 0 Å². The van der Waals surface area contributed by atoms with Crippen LogP contribution in [0.4, 0.5) is 0 Å². The molecule has 2 fully saturated rings. The van der Waals surface area contributed by atoms with Crippen LogP contribution in [0.5, 0.6) is 0 Å². The fraction of sp³-hybridized carbons (Fsp3) is 1.00. The van der Waals surface area contributed by atoms with Gasteiger partial charge in [-0.25, -0.2) is 0 Å². The van der Waals surface area contributed by atoms with Gasteiger partial charge in [-0.2, -0.15) is 0 Å². The summed E-state index contributed by atoms with van der Waals surface area (Å²) in [7, 11) is 2.22. The van der Waals surface area contributed by atoms with Gasteiger partial charge >= 0.3 is 0 Å². The lowest BCUT2D eigenvalue weighted by Crippen LogP contribution is -2.75. The molecule has 0 aliphatic carbocycles. The van der Waals surface area contributed by atoms with Gasteiger partial charge in [-0.3, -0.25) is 4.90 Å². The van der Waals surface area contributed by atoms with Gasteiger partial charge in [0.25, 0.3) is 0 Å². The zero-order chi connectivity index (χ0) is 7.41. The van der Waals surface area contributed by atoms with Crippen LogP contribution < -0.4 is 5.32 Å². The van der Waals surface area contributed by atoms with Crippen molar-refractivity contribution in [1.82, 2.24) is 10.2 Å². The Kier molecular flexibility index (Phi) is 1.03. The predicted octanol–water partition coefficient (Wildman–Crippen LogP) is 0.442. The first-order valence-corrected chi connectivity index (χ1v) is 4.05. The molecule has 0 amide bonds. The minimum absolute atomic E-state index is 0.418. The van der Waals surface area contributed by atoms with Crippen molar-refractivity contribution in [1.29, 1.82) is 0 Å². The first kappa shape index (κ1) is 6.62. The van der Waals surface area contributed by atoms with E-state index in [0.29, 0.717) is 11.1 Å². The smallest absolute Gasteiger partial charge is 0.0464 e. The van der Waals surface area contributed by atoms with Crippen LogP contribution in [0.2, 0.25) is 0 Å². The third kappa shape index (κ3) is 0.487. The molecule has 58 valence electrons. The normalized spacial score (nSPS) is 54.3. The molecule has 0 spiro atoms. The van der Waals surface area contributed by atoms with Crippen LogP contribution in [-0.4, -0.2) is 36.1 Å². The summed E-state index contributed by atoms with van der Waals surface area (Å²) in [5.41, 5.74) is 0.870. The van der Waals surface area contributed by atoms with Crippen molar-refractivity contribution in [3.63, 3.8) is 0 Å². The molecule has 0 radical (unpaired) electrons. The summed E-state index contributed by atoms with van der Waals surface area (Å²) in [5, 5.41) is 3.56. The van der Waals surface area contributed by atoms with Crippen molar-refractivity contribution in [2.24, 2.45) is 0 Å². The van der Waals surface area contributed by atoms with E-state index in [1.54, 1.807) is 0 Å². The Labute approximate surface area is 62.6 Å². The molecule has 2 aliphatic heterocycles. The van der Waals surface area contributed by atoms with E-state index in [-0.39, 0.29) is 0 Å². The highest BCUT2D eigenvalue weighted by molar-refractivity contribution is 5.20. The van der Waals surface area contributed by atoms with Gasteiger partial charge in [0, 0.05) is 17.6 Å². The molecule has 0 aromatic rings. The van der Waals surface area contributed by atoms with Crippen molar-refractivity contribution in [2.45, 2.75) is 31.3 Å². The fourth-order valence-corrected chi connectivity index (χ4v) is 2.44. The van der Waals surface area contributed by atoms with Crippen LogP contribution in [-0.2, 0) is 0 Å². The zero-order valence-electron chi connectivity index (χ0n) is 7.07. The molecule has 2 heteroatoms. The van der Waals surface area contributed by atoms with Gasteiger partial charge in [-0.15, -0.1) is 0 Å². The number of nitrogens with zero attached hydrogens (tertiary/aromatic N) is 1. The molecule has 0 aromatic heterocycles. The largest absolute Gasteiger partial charge is 0.309 e. The molecular formula is C8H16N2. The number of fused-ring (bicyclic) bond motifs is 1. The van der Waals surface area contributed by atoms with E-state index < -0.39 is 0 Å². The second-order valence-electron chi connectivity index (χ2n) is 4.14. The van der Waals surface area contributed by atoms with Gasteiger partial charge in [-0.05, 0) is 33.9 Å². The summed E-state index contributed by atoms with van der Waals surface area (Å²) in [6.07, 6.45) is 1.31. The van der Waals surface area contributed by atoms with Gasteiger partial charge in [0.05, 0.1) is 0 Å². The van der Waals surface area contributed by atoms with Crippen LogP contribution in [0, 0.1) is 0 Å². The van der Waals surface area contributed by atoms with E-state index >= 15 is 0 Å². The minimum atomic E-state index is 0.418. The Morgan fingerprint density at radius 1 is 1.40 bits per heavy atom. The number of hydrogen-bond acceptors (Lipinski definition) is 2. The van der Waals surface area contributed by atoms with Gasteiger partial charge < -0.3 is 5.32 Å². The van der Waals surface area contributed by atoms with Gasteiger partial charge in [0.15, 0.2) is 0 Å². The standard InChI is InChI=1S/C8H16N2/c1-7-6-10(3)8(7,2)4-5-9-7/h9H,4-6H2,1-3H3/t7?,8-/m1/s1. The van der Waals surface area contributed by atoms with Crippen LogP contribution in [0.1, 0.15) is 20.3 Å². The number of hydrogen-bond donors (Lipinski definition) is 1. The number of likely N-dealkylation sites (N-methyl/N-ethyl adjacent to an activating group) is 1. The van der Waals surface area contributed by atoms with E-state index in [1.165, 1.54) is 19.5 Å². The SMILES string of the molecule is CN1CC2(C)NCC[C@@]12C. The Hall–Kier alpha value is -0.0800. The second-order valence-corrected chi connectivity index (χ2v) is 4.14. The highest BCUT2D eigenvalue weighted by atomic mass is 15.4. The monoisotopic (exact) mass is 140 g/mol. The first-order valence-electron chi connectivity index (χ1n) is 4.05. The lowest BCUT2D eigenvalue weighted by atomic mass is 9.71. The fourth-order valence-electron chi connectivity index (χ4n) is 2.44. The summed E-state index contributed by atoms with van der Waals surface area (Å²) in [4.78, 5) is 2.45. The summed E-state index contributed by atoms with van der Waals surface area (Å²) < 4.78 is 0. The first-order chi connectivity index (χ1) is 4.58. The van der Waals surface area contributed by atoms with Crippen molar-refractivity contribution < 1.29 is 0 Å². The Morgan fingerprint density at radius 2 is 2.10 bits per heavy atom. The Bertz CT molecular complexity index is 169. The van der Waals surface area contributed by atoms with E-state index in [0.717, 1.165) is 0 Å². The average molecular weight is 140 g/mol. The summed E-state index contributed by atoms with van der Waals surface area (Å²) in [6.45, 7) is 7.09. The molecule has 2 nitrogen and oxygen atoms in total. The minimum Gasteiger partial charge on any atom is -0.309 e. The van der Waals surface area contributed by atoms with Crippen LogP contribution >= 0.6 is 0 Å². The zero-order valence-corrected chi connectivity index (χ0v) is 7.07. The van der Waals surface area contributed by atoms with Gasteiger partial charge in [-0.1, -0.05) is 0 Å². The maximum absolute atomic E-state index is 3.56. The summed E-state index contributed by atoms with van der Waals surface area (Å²) in [6, 6.07) is 0. The number of nitrogens with one attached hydrogen (secondary N) is 1. The van der Waals surface area contributed by atoms with E-state index in [4.69, 9.17) is 0 Å². The molecule has 2 aliphatic rings. The lowest BCUT2D eigenvalue weighted by Gasteiger charge is -2.59. The maximum atomic E-state index is 3.56. The molecule has 2 saturated heterocycles. The molecule has 1 unspecified atom stereocenters. The quantitative estimate of drug-likeness (QED) is 0.525. The summed E-state index contributed by atoms with van der Waals surface area (Å²) >= 11 is 0. The van der Waals surface area contributed by atoms with E-state index in [1.807, 2.05) is 0 Å². The Balaban J connectivity index is 2.27. The van der Waals surface area contributed by atoms with Crippen LogP contribution in [0.3, 0.4) is 0 Å². The average Bonchev–Trinajstić information content (AvgIpc) is 2.07. The topological polar surface area (TPSA) is 15.3 Å². The molecule has 0 saturated carbocycles. The molecule has 2 rings (SSSR count).